The average Bonchev–Trinajstić information content (AvgIpc) is 2.56. The van der Waals surface area contributed by atoms with E-state index in [9.17, 15) is 13.2 Å². The molecule has 0 bridgehead atoms. The number of alkyl halides is 3. The van der Waals surface area contributed by atoms with Crippen LogP contribution < -0.4 is 10.1 Å². The van der Waals surface area contributed by atoms with Crippen LogP contribution in [0.5, 0.6) is 5.06 Å². The maximum absolute atomic E-state index is 11.9. The van der Waals surface area contributed by atoms with Gasteiger partial charge in [-0.25, -0.2) is 0 Å². The Morgan fingerprint density at radius 1 is 1.47 bits per heavy atom. The Labute approximate surface area is 89.1 Å². The predicted octanol–water partition coefficient (Wildman–Crippen LogP) is 2.33. The van der Waals surface area contributed by atoms with Crippen molar-refractivity contribution in [2.45, 2.75) is 19.1 Å². The van der Waals surface area contributed by atoms with E-state index in [4.69, 9.17) is 0 Å². The molecule has 0 aliphatic carbocycles. The minimum Gasteiger partial charge on any atom is -0.475 e. The van der Waals surface area contributed by atoms with E-state index >= 15 is 0 Å². The number of halogens is 3. The van der Waals surface area contributed by atoms with Gasteiger partial charge in [0.1, 0.15) is 0 Å². The van der Waals surface area contributed by atoms with Gasteiger partial charge < -0.3 is 10.1 Å². The minimum absolute atomic E-state index is 0.362. The van der Waals surface area contributed by atoms with Crippen molar-refractivity contribution < 1.29 is 17.9 Å². The molecule has 15 heavy (non-hydrogen) atoms. The van der Waals surface area contributed by atoms with Gasteiger partial charge in [0.05, 0.1) is 0 Å². The smallest absolute Gasteiger partial charge is 0.422 e. The van der Waals surface area contributed by atoms with Crippen LogP contribution in [0.4, 0.5) is 13.2 Å². The van der Waals surface area contributed by atoms with Crippen molar-refractivity contribution in [1.82, 2.24) is 5.32 Å². The summed E-state index contributed by atoms with van der Waals surface area (Å²) in [5.41, 5.74) is 1.06. The fraction of sp³-hybridized carbons (Fsp3) is 0.556. The molecule has 0 spiro atoms. The third-order valence-electron chi connectivity index (χ3n) is 2.10. The number of thiophene rings is 1. The minimum atomic E-state index is -4.26. The molecule has 2 rings (SSSR count). The summed E-state index contributed by atoms with van der Waals surface area (Å²) in [4.78, 5) is 1.13. The van der Waals surface area contributed by atoms with Crippen molar-refractivity contribution in [3.05, 3.63) is 16.5 Å². The monoisotopic (exact) mass is 237 g/mol. The second kappa shape index (κ2) is 4.02. The molecular weight excluding hydrogens is 227 g/mol. The summed E-state index contributed by atoms with van der Waals surface area (Å²) < 4.78 is 40.4. The first-order valence-electron chi connectivity index (χ1n) is 4.56. The SMILES string of the molecule is FC(F)(F)COc1cc2c(s1)CCNC2. The van der Waals surface area contributed by atoms with Crippen LogP contribution in [0.25, 0.3) is 0 Å². The lowest BCUT2D eigenvalue weighted by molar-refractivity contribution is -0.152. The fourth-order valence-electron chi connectivity index (χ4n) is 1.45. The lowest BCUT2D eigenvalue weighted by Gasteiger charge is -2.10. The number of ether oxygens (including phenoxy) is 1. The van der Waals surface area contributed by atoms with Crippen molar-refractivity contribution in [1.29, 1.82) is 0 Å². The summed E-state index contributed by atoms with van der Waals surface area (Å²) in [5.74, 6) is 0. The Bertz CT molecular complexity index is 324. The lowest BCUT2D eigenvalue weighted by Crippen LogP contribution is -2.21. The second-order valence-corrected chi connectivity index (χ2v) is 4.44. The molecule has 2 nitrogen and oxygen atoms in total. The third-order valence-corrected chi connectivity index (χ3v) is 3.25. The first kappa shape index (κ1) is 10.8. The zero-order valence-corrected chi connectivity index (χ0v) is 8.67. The summed E-state index contributed by atoms with van der Waals surface area (Å²) in [6.07, 6.45) is -3.39. The van der Waals surface area contributed by atoms with Crippen LogP contribution in [0, 0.1) is 0 Å². The van der Waals surface area contributed by atoms with Crippen molar-refractivity contribution in [2.75, 3.05) is 13.2 Å². The number of hydrogen-bond acceptors (Lipinski definition) is 3. The molecule has 0 aromatic carbocycles. The van der Waals surface area contributed by atoms with Gasteiger partial charge in [-0.1, -0.05) is 0 Å². The predicted molar refractivity (Wildman–Crippen MR) is 51.3 cm³/mol. The lowest BCUT2D eigenvalue weighted by atomic mass is 10.1. The van der Waals surface area contributed by atoms with E-state index in [1.165, 1.54) is 11.3 Å². The van der Waals surface area contributed by atoms with E-state index in [1.807, 2.05) is 0 Å². The average molecular weight is 237 g/mol. The summed E-state index contributed by atoms with van der Waals surface area (Å²) in [6, 6.07) is 1.69. The Hall–Kier alpha value is -0.750. The number of nitrogens with one attached hydrogen (secondary N) is 1. The molecule has 84 valence electrons. The van der Waals surface area contributed by atoms with Gasteiger partial charge in [-0.15, -0.1) is 11.3 Å². The van der Waals surface area contributed by atoms with E-state index in [2.05, 4.69) is 10.1 Å². The molecule has 1 N–H and O–H groups in total. The molecule has 0 saturated heterocycles. The van der Waals surface area contributed by atoms with E-state index in [-0.39, 0.29) is 0 Å². The molecule has 1 aliphatic heterocycles. The molecule has 0 atom stereocenters. The molecule has 2 heterocycles. The Kier molecular flexibility index (Phi) is 2.88. The standard InChI is InChI=1S/C9H10F3NOS/c10-9(11,12)5-14-8-3-6-4-13-2-1-7(6)15-8/h3,13H,1-2,4-5H2. The van der Waals surface area contributed by atoms with Gasteiger partial charge in [0, 0.05) is 18.0 Å². The van der Waals surface area contributed by atoms with Gasteiger partial charge >= 0.3 is 6.18 Å². The molecule has 1 aliphatic rings. The topological polar surface area (TPSA) is 21.3 Å². The first-order valence-corrected chi connectivity index (χ1v) is 5.38. The molecule has 0 amide bonds. The van der Waals surface area contributed by atoms with Crippen LogP contribution in [0.3, 0.4) is 0 Å². The van der Waals surface area contributed by atoms with Crippen LogP contribution >= 0.6 is 11.3 Å². The van der Waals surface area contributed by atoms with Crippen LogP contribution in [-0.2, 0) is 13.0 Å². The zero-order chi connectivity index (χ0) is 10.9. The Morgan fingerprint density at radius 2 is 2.27 bits per heavy atom. The largest absolute Gasteiger partial charge is 0.475 e. The molecule has 6 heteroatoms. The van der Waals surface area contributed by atoms with Gasteiger partial charge in [0.25, 0.3) is 0 Å². The summed E-state index contributed by atoms with van der Waals surface area (Å²) in [5, 5.41) is 3.52. The van der Waals surface area contributed by atoms with Crippen LogP contribution in [0.2, 0.25) is 0 Å². The number of rotatable bonds is 2. The van der Waals surface area contributed by atoms with Crippen LogP contribution in [0.1, 0.15) is 10.4 Å². The van der Waals surface area contributed by atoms with Crippen molar-refractivity contribution in [3.8, 4) is 5.06 Å². The zero-order valence-electron chi connectivity index (χ0n) is 7.86. The molecule has 0 radical (unpaired) electrons. The normalized spacial score (nSPS) is 16.2. The highest BCUT2D eigenvalue weighted by Gasteiger charge is 2.29. The molecular formula is C9H10F3NOS. The maximum Gasteiger partial charge on any atom is 0.422 e. The molecule has 1 aromatic rings. The summed E-state index contributed by atoms with van der Waals surface area (Å²) in [7, 11) is 0. The first-order chi connectivity index (χ1) is 7.04. The second-order valence-electron chi connectivity index (χ2n) is 3.34. The molecule has 1 aromatic heterocycles. The maximum atomic E-state index is 11.9. The molecule has 0 fully saturated rings. The highest BCUT2D eigenvalue weighted by atomic mass is 32.1. The summed E-state index contributed by atoms with van der Waals surface area (Å²) in [6.45, 7) is 0.396. The quantitative estimate of drug-likeness (QED) is 0.852. The highest BCUT2D eigenvalue weighted by molar-refractivity contribution is 7.14. The van der Waals surface area contributed by atoms with Crippen LogP contribution in [0.15, 0.2) is 6.07 Å². The van der Waals surface area contributed by atoms with Gasteiger partial charge in [0.15, 0.2) is 11.7 Å². The van der Waals surface area contributed by atoms with E-state index < -0.39 is 12.8 Å². The van der Waals surface area contributed by atoms with E-state index in [0.717, 1.165) is 30.0 Å². The number of hydrogen-bond donors (Lipinski definition) is 1. The third kappa shape index (κ3) is 2.85. The van der Waals surface area contributed by atoms with Crippen LogP contribution in [-0.4, -0.2) is 19.3 Å². The Balaban J connectivity index is 2.01. The van der Waals surface area contributed by atoms with E-state index in [0.29, 0.717) is 5.06 Å². The van der Waals surface area contributed by atoms with E-state index in [1.54, 1.807) is 6.07 Å². The molecule has 0 unspecified atom stereocenters. The van der Waals surface area contributed by atoms with Crippen molar-refractivity contribution in [2.24, 2.45) is 0 Å². The number of fused-ring (bicyclic) bond motifs is 1. The van der Waals surface area contributed by atoms with Gasteiger partial charge in [-0.2, -0.15) is 13.2 Å². The molecule has 0 saturated carbocycles. The Morgan fingerprint density at radius 3 is 2.93 bits per heavy atom. The van der Waals surface area contributed by atoms with Crippen molar-refractivity contribution in [3.63, 3.8) is 0 Å². The van der Waals surface area contributed by atoms with Gasteiger partial charge in [0.2, 0.25) is 0 Å². The summed E-state index contributed by atoms with van der Waals surface area (Å²) >= 11 is 1.31. The van der Waals surface area contributed by atoms with Gasteiger partial charge in [-0.05, 0) is 18.1 Å². The fourth-order valence-corrected chi connectivity index (χ4v) is 2.48. The van der Waals surface area contributed by atoms with Crippen molar-refractivity contribution >= 4 is 11.3 Å². The van der Waals surface area contributed by atoms with Gasteiger partial charge in [-0.3, -0.25) is 0 Å². The highest BCUT2D eigenvalue weighted by Crippen LogP contribution is 2.32.